The van der Waals surface area contributed by atoms with Gasteiger partial charge in [0.25, 0.3) is 5.91 Å². The Bertz CT molecular complexity index is 438. The predicted molar refractivity (Wildman–Crippen MR) is 73.4 cm³/mol. The number of piperidine rings is 1. The highest BCUT2D eigenvalue weighted by molar-refractivity contribution is 6.01. The molecule has 8 heteroatoms. The van der Waals surface area contributed by atoms with Gasteiger partial charge in [-0.3, -0.25) is 19.3 Å². The second kappa shape index (κ2) is 7.61. The lowest BCUT2D eigenvalue weighted by Crippen LogP contribution is -2.54. The Morgan fingerprint density at radius 1 is 1.43 bits per heavy atom. The smallest absolute Gasteiger partial charge is 0.315 e. The average molecular weight is 299 g/mol. The fourth-order valence-corrected chi connectivity index (χ4v) is 1.99. The van der Waals surface area contributed by atoms with Gasteiger partial charge in [-0.2, -0.15) is 0 Å². The lowest BCUT2D eigenvalue weighted by Gasteiger charge is -2.28. The van der Waals surface area contributed by atoms with Crippen LogP contribution < -0.4 is 10.6 Å². The quantitative estimate of drug-likeness (QED) is 0.469. The monoisotopic (exact) mass is 299 g/mol. The normalized spacial score (nSPS) is 20.1. The van der Waals surface area contributed by atoms with E-state index in [0.29, 0.717) is 25.8 Å². The number of amides is 4. The number of hydrogen-bond acceptors (Lipinski definition) is 4. The first kappa shape index (κ1) is 16.9. The lowest BCUT2D eigenvalue weighted by atomic mass is 10.1. The molecular formula is C13H21N3O5. The van der Waals surface area contributed by atoms with Gasteiger partial charge in [0.05, 0.1) is 5.92 Å². The molecule has 118 valence electrons. The summed E-state index contributed by atoms with van der Waals surface area (Å²) < 4.78 is 0. The minimum absolute atomic E-state index is 0.226. The van der Waals surface area contributed by atoms with E-state index in [1.807, 2.05) is 0 Å². The van der Waals surface area contributed by atoms with E-state index in [2.05, 4.69) is 10.6 Å². The topological polar surface area (TPSA) is 116 Å². The number of rotatable bonds is 6. The van der Waals surface area contributed by atoms with E-state index in [9.17, 15) is 19.2 Å². The third-order valence-corrected chi connectivity index (χ3v) is 3.48. The van der Waals surface area contributed by atoms with Gasteiger partial charge in [-0.05, 0) is 19.3 Å². The highest BCUT2D eigenvalue weighted by Crippen LogP contribution is 2.11. The zero-order chi connectivity index (χ0) is 16.0. The molecule has 1 fully saturated rings. The maximum atomic E-state index is 11.8. The number of hydrogen-bond donors (Lipinski definition) is 3. The van der Waals surface area contributed by atoms with Gasteiger partial charge in [-0.15, -0.1) is 0 Å². The van der Waals surface area contributed by atoms with E-state index in [1.54, 1.807) is 6.92 Å². The summed E-state index contributed by atoms with van der Waals surface area (Å²) in [5.41, 5.74) is 0. The fraction of sp³-hybridized carbons (Fsp3) is 0.692. The molecule has 0 radical (unpaired) electrons. The minimum Gasteiger partial charge on any atom is -0.481 e. The van der Waals surface area contributed by atoms with Crippen LogP contribution in [0.4, 0.5) is 4.79 Å². The predicted octanol–water partition coefficient (Wildman–Crippen LogP) is -0.0661. The van der Waals surface area contributed by atoms with Crippen LogP contribution in [0, 0.1) is 5.92 Å². The summed E-state index contributed by atoms with van der Waals surface area (Å²) in [4.78, 5) is 46.3. The number of nitrogens with zero attached hydrogens (tertiary/aromatic N) is 1. The lowest BCUT2D eigenvalue weighted by molar-refractivity contribution is -0.148. The average Bonchev–Trinajstić information content (AvgIpc) is 2.44. The van der Waals surface area contributed by atoms with Crippen LogP contribution in [0.5, 0.6) is 0 Å². The molecule has 4 amide bonds. The van der Waals surface area contributed by atoms with E-state index < -0.39 is 29.9 Å². The summed E-state index contributed by atoms with van der Waals surface area (Å²) in [6, 6.07) is -1.18. The molecule has 1 rings (SSSR count). The molecule has 1 heterocycles. The van der Waals surface area contributed by atoms with Gasteiger partial charge in [-0.1, -0.05) is 6.92 Å². The molecule has 0 saturated carbocycles. The van der Waals surface area contributed by atoms with Gasteiger partial charge >= 0.3 is 12.0 Å². The third-order valence-electron chi connectivity index (χ3n) is 3.48. The van der Waals surface area contributed by atoms with E-state index >= 15 is 0 Å². The van der Waals surface area contributed by atoms with Crippen molar-refractivity contribution >= 4 is 23.8 Å². The largest absolute Gasteiger partial charge is 0.481 e. The maximum absolute atomic E-state index is 11.8. The number of carboxylic acid groups (broad SMARTS) is 1. The Morgan fingerprint density at radius 2 is 2.10 bits per heavy atom. The number of imide groups is 1. The molecule has 21 heavy (non-hydrogen) atoms. The second-order valence-corrected chi connectivity index (χ2v) is 5.16. The SMILES string of the molecule is CC(CCCNC(=O)NC1CCC(=O)N(C)C1=O)C(=O)O. The molecule has 3 N–H and O–H groups in total. The zero-order valence-corrected chi connectivity index (χ0v) is 12.2. The summed E-state index contributed by atoms with van der Waals surface area (Å²) in [6.45, 7) is 1.94. The first-order chi connectivity index (χ1) is 9.82. The van der Waals surface area contributed by atoms with Crippen molar-refractivity contribution in [3.8, 4) is 0 Å². The van der Waals surface area contributed by atoms with Crippen LogP contribution in [0.3, 0.4) is 0 Å². The molecule has 2 atom stereocenters. The van der Waals surface area contributed by atoms with Crippen molar-refractivity contribution in [1.29, 1.82) is 0 Å². The van der Waals surface area contributed by atoms with Gasteiger partial charge < -0.3 is 15.7 Å². The van der Waals surface area contributed by atoms with Crippen LogP contribution in [0.15, 0.2) is 0 Å². The summed E-state index contributed by atoms with van der Waals surface area (Å²) in [7, 11) is 1.39. The maximum Gasteiger partial charge on any atom is 0.315 e. The van der Waals surface area contributed by atoms with Crippen LogP contribution in [-0.2, 0) is 14.4 Å². The fourth-order valence-electron chi connectivity index (χ4n) is 1.99. The van der Waals surface area contributed by atoms with E-state index in [4.69, 9.17) is 5.11 Å². The van der Waals surface area contributed by atoms with Crippen LogP contribution in [0.1, 0.15) is 32.6 Å². The van der Waals surface area contributed by atoms with Crippen LogP contribution in [-0.4, -0.2) is 53.5 Å². The number of carbonyl (C=O) groups excluding carboxylic acids is 3. The second-order valence-electron chi connectivity index (χ2n) is 5.16. The van der Waals surface area contributed by atoms with E-state index in [-0.39, 0.29) is 12.3 Å². The molecule has 0 aromatic rings. The van der Waals surface area contributed by atoms with E-state index in [1.165, 1.54) is 7.05 Å². The van der Waals surface area contributed by atoms with Gasteiger partial charge in [0.15, 0.2) is 0 Å². The van der Waals surface area contributed by atoms with Crippen molar-refractivity contribution in [3.63, 3.8) is 0 Å². The molecule has 8 nitrogen and oxygen atoms in total. The van der Waals surface area contributed by atoms with Crippen molar-refractivity contribution in [2.75, 3.05) is 13.6 Å². The molecule has 0 aliphatic carbocycles. The summed E-state index contributed by atoms with van der Waals surface area (Å²) in [6.07, 6.45) is 1.53. The van der Waals surface area contributed by atoms with Crippen molar-refractivity contribution in [3.05, 3.63) is 0 Å². The van der Waals surface area contributed by atoms with Crippen molar-refractivity contribution in [1.82, 2.24) is 15.5 Å². The summed E-state index contributed by atoms with van der Waals surface area (Å²) >= 11 is 0. The Balaban J connectivity index is 2.26. The highest BCUT2D eigenvalue weighted by Gasteiger charge is 2.32. The van der Waals surface area contributed by atoms with Crippen LogP contribution in [0.25, 0.3) is 0 Å². The molecule has 1 saturated heterocycles. The number of carbonyl (C=O) groups is 4. The number of likely N-dealkylation sites (N-methyl/N-ethyl adjacent to an activating group) is 1. The Kier molecular flexibility index (Phi) is 6.13. The molecule has 0 aromatic carbocycles. The number of likely N-dealkylation sites (tertiary alicyclic amines) is 1. The number of urea groups is 1. The summed E-state index contributed by atoms with van der Waals surface area (Å²) in [5, 5.41) is 13.8. The standard InChI is InChI=1S/C13H21N3O5/c1-8(12(19)20)4-3-7-14-13(21)15-9-5-6-10(17)16(2)11(9)18/h8-9H,3-7H2,1-2H3,(H,19,20)(H2,14,15,21). The Hall–Kier alpha value is -2.12. The van der Waals surface area contributed by atoms with Crippen LogP contribution >= 0.6 is 0 Å². The molecule has 2 unspecified atom stereocenters. The molecule has 0 aromatic heterocycles. The van der Waals surface area contributed by atoms with Gasteiger partial charge in [0, 0.05) is 20.0 Å². The van der Waals surface area contributed by atoms with Crippen molar-refractivity contribution in [2.45, 2.75) is 38.6 Å². The third kappa shape index (κ3) is 5.05. The van der Waals surface area contributed by atoms with E-state index in [0.717, 1.165) is 4.90 Å². The Labute approximate surface area is 122 Å². The number of nitrogens with one attached hydrogen (secondary N) is 2. The number of aliphatic carboxylic acids is 1. The van der Waals surface area contributed by atoms with Gasteiger partial charge in [0.1, 0.15) is 6.04 Å². The van der Waals surface area contributed by atoms with Crippen molar-refractivity contribution < 1.29 is 24.3 Å². The van der Waals surface area contributed by atoms with Crippen LogP contribution in [0.2, 0.25) is 0 Å². The molecule has 0 spiro atoms. The first-order valence-electron chi connectivity index (χ1n) is 6.90. The highest BCUT2D eigenvalue weighted by atomic mass is 16.4. The molecule has 1 aliphatic rings. The molecule has 0 bridgehead atoms. The van der Waals surface area contributed by atoms with Gasteiger partial charge in [-0.25, -0.2) is 4.79 Å². The zero-order valence-electron chi connectivity index (χ0n) is 12.2. The first-order valence-corrected chi connectivity index (χ1v) is 6.90. The van der Waals surface area contributed by atoms with Gasteiger partial charge in [0.2, 0.25) is 5.91 Å². The molecular weight excluding hydrogens is 278 g/mol. The number of carboxylic acids is 1. The minimum atomic E-state index is -0.861. The summed E-state index contributed by atoms with van der Waals surface area (Å²) in [5.74, 6) is -1.98. The molecule has 1 aliphatic heterocycles. The van der Waals surface area contributed by atoms with Crippen molar-refractivity contribution in [2.24, 2.45) is 5.92 Å². The Morgan fingerprint density at radius 3 is 2.71 bits per heavy atom.